The third-order valence-corrected chi connectivity index (χ3v) is 4.52. The number of hydrogen-bond acceptors (Lipinski definition) is 5. The van der Waals surface area contributed by atoms with Crippen LogP contribution in [0.2, 0.25) is 0 Å². The first kappa shape index (κ1) is 19.7. The van der Waals surface area contributed by atoms with Gasteiger partial charge < -0.3 is 15.5 Å². The zero-order valence-electron chi connectivity index (χ0n) is 17.5. The van der Waals surface area contributed by atoms with Gasteiger partial charge in [-0.05, 0) is 54.3 Å². The fourth-order valence-corrected chi connectivity index (χ4v) is 2.86. The average molecular weight is 376 g/mol. The zero-order chi connectivity index (χ0) is 20.3. The summed E-state index contributed by atoms with van der Waals surface area (Å²) < 4.78 is 0. The Balaban J connectivity index is 1.76. The second kappa shape index (κ2) is 7.89. The number of anilines is 5. The molecule has 0 bridgehead atoms. The lowest BCUT2D eigenvalue weighted by Crippen LogP contribution is -2.10. The Morgan fingerprint density at radius 1 is 0.786 bits per heavy atom. The summed E-state index contributed by atoms with van der Waals surface area (Å²) in [5, 5.41) is 6.66. The summed E-state index contributed by atoms with van der Waals surface area (Å²) in [6, 6.07) is 18.6. The highest BCUT2D eigenvalue weighted by molar-refractivity contribution is 5.62. The molecule has 0 radical (unpaired) electrons. The van der Waals surface area contributed by atoms with E-state index in [1.54, 1.807) is 0 Å². The molecule has 0 aliphatic heterocycles. The van der Waals surface area contributed by atoms with Gasteiger partial charge in [-0.25, -0.2) is 4.98 Å². The molecule has 0 saturated carbocycles. The van der Waals surface area contributed by atoms with Crippen LogP contribution in [-0.4, -0.2) is 24.1 Å². The van der Waals surface area contributed by atoms with Crippen LogP contribution in [-0.2, 0) is 5.41 Å². The summed E-state index contributed by atoms with van der Waals surface area (Å²) in [4.78, 5) is 11.2. The highest BCUT2D eigenvalue weighted by Gasteiger charge is 2.13. The summed E-state index contributed by atoms with van der Waals surface area (Å²) in [6.45, 7) is 8.61. The fourth-order valence-electron chi connectivity index (χ4n) is 2.86. The van der Waals surface area contributed by atoms with Crippen molar-refractivity contribution in [1.82, 2.24) is 9.97 Å². The van der Waals surface area contributed by atoms with Crippen LogP contribution in [0.15, 0.2) is 54.6 Å². The summed E-state index contributed by atoms with van der Waals surface area (Å²) in [6.07, 6.45) is 0. The van der Waals surface area contributed by atoms with Crippen molar-refractivity contribution >= 4 is 28.8 Å². The van der Waals surface area contributed by atoms with Crippen molar-refractivity contribution in [3.05, 3.63) is 65.9 Å². The van der Waals surface area contributed by atoms with Crippen LogP contribution in [0.4, 0.5) is 28.8 Å². The summed E-state index contributed by atoms with van der Waals surface area (Å²) in [7, 11) is 4.05. The van der Waals surface area contributed by atoms with Gasteiger partial charge in [0.15, 0.2) is 0 Å². The van der Waals surface area contributed by atoms with Crippen LogP contribution in [0.5, 0.6) is 0 Å². The van der Waals surface area contributed by atoms with Crippen molar-refractivity contribution < 1.29 is 0 Å². The van der Waals surface area contributed by atoms with Gasteiger partial charge in [0.25, 0.3) is 0 Å². The van der Waals surface area contributed by atoms with E-state index >= 15 is 0 Å². The molecule has 28 heavy (non-hydrogen) atoms. The number of nitrogens with one attached hydrogen (secondary N) is 2. The maximum Gasteiger partial charge on any atom is 0.229 e. The largest absolute Gasteiger partial charge is 0.378 e. The Bertz CT molecular complexity index is 923. The summed E-state index contributed by atoms with van der Waals surface area (Å²) in [5.41, 5.74) is 5.46. The van der Waals surface area contributed by atoms with Gasteiger partial charge in [-0.1, -0.05) is 32.9 Å². The second-order valence-electron chi connectivity index (χ2n) is 8.24. The lowest BCUT2D eigenvalue weighted by atomic mass is 9.87. The highest BCUT2D eigenvalue weighted by Crippen LogP contribution is 2.25. The first-order valence-electron chi connectivity index (χ1n) is 9.48. The van der Waals surface area contributed by atoms with E-state index < -0.39 is 0 Å². The van der Waals surface area contributed by atoms with Crippen molar-refractivity contribution in [1.29, 1.82) is 0 Å². The molecule has 146 valence electrons. The van der Waals surface area contributed by atoms with Crippen molar-refractivity contribution in [2.75, 3.05) is 29.6 Å². The normalized spacial score (nSPS) is 11.2. The Morgan fingerprint density at radius 3 is 1.93 bits per heavy atom. The quantitative estimate of drug-likeness (QED) is 0.605. The summed E-state index contributed by atoms with van der Waals surface area (Å²) in [5.74, 6) is 1.34. The molecule has 0 spiro atoms. The molecule has 2 N–H and O–H groups in total. The topological polar surface area (TPSA) is 53.1 Å². The molecule has 5 nitrogen and oxygen atoms in total. The molecule has 0 fully saturated rings. The molecule has 3 rings (SSSR count). The predicted molar refractivity (Wildman–Crippen MR) is 119 cm³/mol. The van der Waals surface area contributed by atoms with Gasteiger partial charge >= 0.3 is 0 Å². The molecule has 0 aliphatic carbocycles. The Morgan fingerprint density at radius 2 is 1.36 bits per heavy atom. The average Bonchev–Trinajstić information content (AvgIpc) is 2.61. The number of aryl methyl sites for hydroxylation is 1. The minimum Gasteiger partial charge on any atom is -0.378 e. The van der Waals surface area contributed by atoms with E-state index in [-0.39, 0.29) is 5.41 Å². The van der Waals surface area contributed by atoms with Crippen LogP contribution in [0, 0.1) is 6.92 Å². The molecule has 0 aliphatic rings. The monoisotopic (exact) mass is 375 g/mol. The minimum atomic E-state index is 0.142. The van der Waals surface area contributed by atoms with Gasteiger partial charge in [0.05, 0.1) is 0 Å². The van der Waals surface area contributed by atoms with Gasteiger partial charge in [-0.2, -0.15) is 4.98 Å². The van der Waals surface area contributed by atoms with Gasteiger partial charge in [0, 0.05) is 42.9 Å². The van der Waals surface area contributed by atoms with Crippen LogP contribution in [0.25, 0.3) is 0 Å². The lowest BCUT2D eigenvalue weighted by molar-refractivity contribution is 0.590. The van der Waals surface area contributed by atoms with Crippen LogP contribution < -0.4 is 15.5 Å². The van der Waals surface area contributed by atoms with Crippen molar-refractivity contribution in [2.45, 2.75) is 33.1 Å². The number of rotatable bonds is 5. The Hall–Kier alpha value is -3.08. The van der Waals surface area contributed by atoms with E-state index in [2.05, 4.69) is 82.7 Å². The maximum absolute atomic E-state index is 4.61. The Labute approximate surface area is 167 Å². The van der Waals surface area contributed by atoms with Crippen molar-refractivity contribution in [2.24, 2.45) is 0 Å². The van der Waals surface area contributed by atoms with Gasteiger partial charge in [0.2, 0.25) is 5.95 Å². The van der Waals surface area contributed by atoms with E-state index in [9.17, 15) is 0 Å². The third kappa shape index (κ3) is 5.00. The molecule has 0 saturated heterocycles. The molecule has 0 unspecified atom stereocenters. The van der Waals surface area contributed by atoms with E-state index in [0.29, 0.717) is 5.95 Å². The van der Waals surface area contributed by atoms with Gasteiger partial charge in [-0.3, -0.25) is 0 Å². The van der Waals surface area contributed by atoms with Gasteiger partial charge in [0.1, 0.15) is 5.82 Å². The Kier molecular flexibility index (Phi) is 5.54. The van der Waals surface area contributed by atoms with Crippen LogP contribution in [0.1, 0.15) is 32.0 Å². The number of hydrogen-bond donors (Lipinski definition) is 2. The van der Waals surface area contributed by atoms with Crippen LogP contribution >= 0.6 is 0 Å². The maximum atomic E-state index is 4.61. The first-order chi connectivity index (χ1) is 13.2. The van der Waals surface area contributed by atoms with Crippen molar-refractivity contribution in [3.8, 4) is 0 Å². The highest BCUT2D eigenvalue weighted by atomic mass is 15.1. The molecule has 1 heterocycles. The van der Waals surface area contributed by atoms with Crippen LogP contribution in [0.3, 0.4) is 0 Å². The third-order valence-electron chi connectivity index (χ3n) is 4.52. The minimum absolute atomic E-state index is 0.142. The molecular weight excluding hydrogens is 346 g/mol. The van der Waals surface area contributed by atoms with E-state index in [0.717, 1.165) is 28.6 Å². The van der Waals surface area contributed by atoms with E-state index in [4.69, 9.17) is 0 Å². The smallest absolute Gasteiger partial charge is 0.229 e. The van der Waals surface area contributed by atoms with Gasteiger partial charge in [-0.15, -0.1) is 0 Å². The molecule has 2 aromatic carbocycles. The van der Waals surface area contributed by atoms with E-state index in [1.807, 2.05) is 39.2 Å². The molecule has 0 amide bonds. The van der Waals surface area contributed by atoms with E-state index in [1.165, 1.54) is 5.56 Å². The molecule has 0 atom stereocenters. The molecule has 3 aromatic rings. The molecule has 5 heteroatoms. The molecular formula is C23H29N5. The molecule has 1 aromatic heterocycles. The fraction of sp³-hybridized carbons (Fsp3) is 0.304. The lowest BCUT2D eigenvalue weighted by Gasteiger charge is -2.19. The predicted octanol–water partition coefficient (Wildman–Crippen LogP) is 5.64. The van der Waals surface area contributed by atoms with Crippen molar-refractivity contribution in [3.63, 3.8) is 0 Å². The second-order valence-corrected chi connectivity index (χ2v) is 8.24. The summed E-state index contributed by atoms with van der Waals surface area (Å²) >= 11 is 0. The SMILES string of the molecule is Cc1cc(Nc2ccc(C(C)(C)C)cc2)nc(Nc2ccc(N(C)C)cc2)n1. The number of nitrogens with zero attached hydrogens (tertiary/aromatic N) is 3. The first-order valence-corrected chi connectivity index (χ1v) is 9.48. The standard InChI is InChI=1S/C23H29N5/c1-16-15-21(25-18-9-7-17(8-10-18)23(2,3)4)27-22(24-16)26-19-11-13-20(14-12-19)28(5)6/h7-15H,1-6H3,(H2,24,25,26,27). The number of aromatic nitrogens is 2. The zero-order valence-corrected chi connectivity index (χ0v) is 17.5. The number of benzene rings is 2.